The Balaban J connectivity index is 1.81. The van der Waals surface area contributed by atoms with Gasteiger partial charge in [-0.3, -0.25) is 0 Å². The SMILES string of the molecule is Cc1ccc(-c2ccccc2/C=C/C#Cc2cc(C(=O)O)cs2)cc1. The molecule has 0 saturated heterocycles. The van der Waals surface area contributed by atoms with E-state index in [4.69, 9.17) is 5.11 Å². The smallest absolute Gasteiger partial charge is 0.336 e. The molecule has 0 radical (unpaired) electrons. The Morgan fingerprint density at radius 1 is 1.12 bits per heavy atom. The lowest BCUT2D eigenvalue weighted by atomic mass is 9.98. The Labute approximate surface area is 151 Å². The first-order valence-electron chi connectivity index (χ1n) is 7.79. The van der Waals surface area contributed by atoms with Crippen LogP contribution >= 0.6 is 11.3 Å². The number of carbonyl (C=O) groups is 1. The van der Waals surface area contributed by atoms with E-state index in [1.807, 2.05) is 18.2 Å². The number of carboxylic acid groups (broad SMARTS) is 1. The average molecular weight is 344 g/mol. The summed E-state index contributed by atoms with van der Waals surface area (Å²) in [6.45, 7) is 2.07. The molecule has 0 unspecified atom stereocenters. The van der Waals surface area contributed by atoms with Crippen molar-refractivity contribution in [2.24, 2.45) is 0 Å². The fraction of sp³-hybridized carbons (Fsp3) is 0.0455. The number of thiophene rings is 1. The van der Waals surface area contributed by atoms with Gasteiger partial charge in [-0.1, -0.05) is 65.9 Å². The first-order chi connectivity index (χ1) is 12.1. The van der Waals surface area contributed by atoms with Crippen LogP contribution < -0.4 is 0 Å². The molecule has 0 atom stereocenters. The van der Waals surface area contributed by atoms with Gasteiger partial charge in [0.25, 0.3) is 0 Å². The van der Waals surface area contributed by atoms with E-state index in [-0.39, 0.29) is 5.56 Å². The van der Waals surface area contributed by atoms with E-state index in [0.29, 0.717) is 0 Å². The lowest BCUT2D eigenvalue weighted by Gasteiger charge is -2.06. The molecular formula is C22H16O2S. The fourth-order valence-corrected chi connectivity index (χ4v) is 3.13. The topological polar surface area (TPSA) is 37.3 Å². The van der Waals surface area contributed by atoms with Gasteiger partial charge in [0.1, 0.15) is 0 Å². The van der Waals surface area contributed by atoms with Crippen molar-refractivity contribution in [2.75, 3.05) is 0 Å². The van der Waals surface area contributed by atoms with E-state index in [2.05, 4.69) is 55.2 Å². The third-order valence-corrected chi connectivity index (χ3v) is 4.56. The van der Waals surface area contributed by atoms with Gasteiger partial charge < -0.3 is 5.11 Å². The predicted octanol–water partition coefficient (Wildman–Crippen LogP) is 5.49. The lowest BCUT2D eigenvalue weighted by molar-refractivity contribution is 0.0697. The molecular weight excluding hydrogens is 328 g/mol. The summed E-state index contributed by atoms with van der Waals surface area (Å²) in [6.07, 6.45) is 3.78. The second-order valence-corrected chi connectivity index (χ2v) is 6.47. The molecule has 0 spiro atoms. The summed E-state index contributed by atoms with van der Waals surface area (Å²) >= 11 is 1.34. The normalized spacial score (nSPS) is 10.4. The number of benzene rings is 2. The van der Waals surface area contributed by atoms with Crippen LogP contribution in [0.15, 0.2) is 66.1 Å². The van der Waals surface area contributed by atoms with Crippen LogP contribution in [0, 0.1) is 18.8 Å². The van der Waals surface area contributed by atoms with Crippen molar-refractivity contribution in [1.82, 2.24) is 0 Å². The Morgan fingerprint density at radius 3 is 2.60 bits per heavy atom. The summed E-state index contributed by atoms with van der Waals surface area (Å²) in [7, 11) is 0. The summed E-state index contributed by atoms with van der Waals surface area (Å²) in [5.74, 6) is 5.03. The predicted molar refractivity (Wildman–Crippen MR) is 104 cm³/mol. The first-order valence-corrected chi connectivity index (χ1v) is 8.67. The van der Waals surface area contributed by atoms with E-state index >= 15 is 0 Å². The molecule has 25 heavy (non-hydrogen) atoms. The standard InChI is InChI=1S/C22H16O2S/c1-16-10-12-18(13-11-16)21-9-5-3-7-17(21)6-2-4-8-20-14-19(15-25-20)22(23)24/h2-3,5-7,9-15H,1H3,(H,23,24)/b6-2+. The van der Waals surface area contributed by atoms with Gasteiger partial charge in [-0.05, 0) is 41.8 Å². The minimum atomic E-state index is -0.924. The van der Waals surface area contributed by atoms with Gasteiger partial charge in [-0.25, -0.2) is 4.79 Å². The minimum absolute atomic E-state index is 0.281. The number of aromatic carboxylic acids is 1. The number of hydrogen-bond donors (Lipinski definition) is 1. The molecule has 0 aliphatic carbocycles. The number of allylic oxidation sites excluding steroid dienone is 1. The third kappa shape index (κ3) is 4.26. The van der Waals surface area contributed by atoms with Gasteiger partial charge in [0.2, 0.25) is 0 Å². The highest BCUT2D eigenvalue weighted by atomic mass is 32.1. The van der Waals surface area contributed by atoms with Gasteiger partial charge >= 0.3 is 5.97 Å². The van der Waals surface area contributed by atoms with E-state index in [0.717, 1.165) is 16.0 Å². The zero-order chi connectivity index (χ0) is 17.6. The average Bonchev–Trinajstić information content (AvgIpc) is 3.09. The Hall–Kier alpha value is -3.09. The monoisotopic (exact) mass is 344 g/mol. The van der Waals surface area contributed by atoms with Crippen molar-refractivity contribution in [3.05, 3.63) is 87.6 Å². The quantitative estimate of drug-likeness (QED) is 0.638. The molecule has 2 nitrogen and oxygen atoms in total. The molecule has 2 aromatic carbocycles. The van der Waals surface area contributed by atoms with E-state index in [9.17, 15) is 4.79 Å². The van der Waals surface area contributed by atoms with Gasteiger partial charge in [-0.15, -0.1) is 11.3 Å². The van der Waals surface area contributed by atoms with E-state index < -0.39 is 5.97 Å². The number of hydrogen-bond acceptors (Lipinski definition) is 2. The maximum Gasteiger partial charge on any atom is 0.336 e. The Morgan fingerprint density at radius 2 is 1.88 bits per heavy atom. The van der Waals surface area contributed by atoms with Crippen molar-refractivity contribution < 1.29 is 9.90 Å². The van der Waals surface area contributed by atoms with Crippen LogP contribution in [0.5, 0.6) is 0 Å². The molecule has 0 aliphatic rings. The molecule has 1 N–H and O–H groups in total. The van der Waals surface area contributed by atoms with Crippen LogP contribution in [-0.4, -0.2) is 11.1 Å². The maximum atomic E-state index is 10.9. The van der Waals surface area contributed by atoms with E-state index in [1.165, 1.54) is 22.5 Å². The van der Waals surface area contributed by atoms with Crippen LogP contribution in [0.1, 0.15) is 26.4 Å². The maximum absolute atomic E-state index is 10.9. The van der Waals surface area contributed by atoms with Crippen molar-refractivity contribution in [2.45, 2.75) is 6.92 Å². The van der Waals surface area contributed by atoms with Crippen LogP contribution in [0.2, 0.25) is 0 Å². The van der Waals surface area contributed by atoms with Crippen molar-refractivity contribution >= 4 is 23.4 Å². The molecule has 3 rings (SSSR count). The van der Waals surface area contributed by atoms with Crippen LogP contribution in [0.25, 0.3) is 17.2 Å². The molecule has 1 aromatic heterocycles. The van der Waals surface area contributed by atoms with Crippen molar-refractivity contribution in [3.63, 3.8) is 0 Å². The molecule has 0 fully saturated rings. The highest BCUT2D eigenvalue weighted by Crippen LogP contribution is 2.25. The fourth-order valence-electron chi connectivity index (χ4n) is 2.40. The number of carboxylic acids is 1. The Kier molecular flexibility index (Phi) is 5.13. The first kappa shape index (κ1) is 16.8. The van der Waals surface area contributed by atoms with Crippen LogP contribution in [0.4, 0.5) is 0 Å². The summed E-state index contributed by atoms with van der Waals surface area (Å²) < 4.78 is 0. The zero-order valence-electron chi connectivity index (χ0n) is 13.7. The second kappa shape index (κ2) is 7.65. The molecule has 0 aliphatic heterocycles. The summed E-state index contributed by atoms with van der Waals surface area (Å²) in [5, 5.41) is 10.5. The molecule has 1 heterocycles. The highest BCUT2D eigenvalue weighted by molar-refractivity contribution is 7.10. The number of aryl methyl sites for hydroxylation is 1. The summed E-state index contributed by atoms with van der Waals surface area (Å²) in [6, 6.07) is 18.2. The zero-order valence-corrected chi connectivity index (χ0v) is 14.5. The molecule has 3 aromatic rings. The van der Waals surface area contributed by atoms with Crippen molar-refractivity contribution in [1.29, 1.82) is 0 Å². The third-order valence-electron chi connectivity index (χ3n) is 3.71. The molecule has 0 amide bonds. The lowest BCUT2D eigenvalue weighted by Crippen LogP contribution is -1.91. The molecule has 3 heteroatoms. The van der Waals surface area contributed by atoms with E-state index in [1.54, 1.807) is 17.5 Å². The van der Waals surface area contributed by atoms with Gasteiger partial charge in [0.05, 0.1) is 10.4 Å². The van der Waals surface area contributed by atoms with Gasteiger partial charge in [0.15, 0.2) is 0 Å². The summed E-state index contributed by atoms with van der Waals surface area (Å²) in [4.78, 5) is 11.6. The van der Waals surface area contributed by atoms with Crippen LogP contribution in [-0.2, 0) is 0 Å². The minimum Gasteiger partial charge on any atom is -0.478 e. The highest BCUT2D eigenvalue weighted by Gasteiger charge is 2.04. The molecule has 0 bridgehead atoms. The molecule has 122 valence electrons. The molecule has 0 saturated carbocycles. The van der Waals surface area contributed by atoms with Crippen molar-refractivity contribution in [3.8, 4) is 23.0 Å². The number of rotatable bonds is 3. The van der Waals surface area contributed by atoms with Gasteiger partial charge in [0, 0.05) is 5.38 Å². The second-order valence-electron chi connectivity index (χ2n) is 5.56. The Bertz CT molecular complexity index is 983. The van der Waals surface area contributed by atoms with Crippen LogP contribution in [0.3, 0.4) is 0 Å². The van der Waals surface area contributed by atoms with Gasteiger partial charge in [-0.2, -0.15) is 0 Å². The summed E-state index contributed by atoms with van der Waals surface area (Å²) in [5.41, 5.74) is 4.94. The largest absolute Gasteiger partial charge is 0.478 e.